The molecule has 2 N–H and O–H groups in total. The molecule has 1 rings (SSSR count). The Kier molecular flexibility index (Phi) is 6.32. The van der Waals surface area contributed by atoms with E-state index < -0.39 is 10.8 Å². The molecule has 0 aliphatic rings. The normalized spacial score (nSPS) is 16.2. The molecule has 0 aliphatic heterocycles. The van der Waals surface area contributed by atoms with Crippen molar-refractivity contribution < 1.29 is 9.32 Å². The molecule has 102 valence electrons. The smallest absolute Gasteiger partial charge is 0.120 e. The Hall–Kier alpha value is -0.390. The summed E-state index contributed by atoms with van der Waals surface area (Å²) in [4.78, 5) is 0. The van der Waals surface area contributed by atoms with E-state index in [1.165, 1.54) is 0 Å². The van der Waals surface area contributed by atoms with Gasteiger partial charge in [-0.1, -0.05) is 22.9 Å². The summed E-state index contributed by atoms with van der Waals surface area (Å²) in [6.45, 7) is 4.08. The second kappa shape index (κ2) is 7.26. The lowest BCUT2D eigenvalue weighted by Crippen LogP contribution is -2.34. The number of phenols is 1. The molecule has 0 unspecified atom stereocenters. The first-order valence-corrected chi connectivity index (χ1v) is 8.50. The quantitative estimate of drug-likeness (QED) is 0.841. The van der Waals surface area contributed by atoms with Gasteiger partial charge in [-0.3, -0.25) is 4.21 Å². The largest absolute Gasteiger partial charge is 0.508 e. The molecule has 0 aliphatic carbocycles. The second-order valence-corrected chi connectivity index (χ2v) is 6.87. The third kappa shape index (κ3) is 4.71. The van der Waals surface area contributed by atoms with Crippen molar-refractivity contribution in [3.05, 3.63) is 28.2 Å². The summed E-state index contributed by atoms with van der Waals surface area (Å²) in [6, 6.07) is 5.65. The molecule has 1 aromatic rings. The zero-order valence-electron chi connectivity index (χ0n) is 10.9. The summed E-state index contributed by atoms with van der Waals surface area (Å²) >= 11 is 3.41. The number of hydrogen-bond acceptors (Lipinski definition) is 3. The molecule has 3 atom stereocenters. The van der Waals surface area contributed by atoms with E-state index in [0.29, 0.717) is 11.5 Å². The zero-order valence-corrected chi connectivity index (χ0v) is 13.3. The minimum atomic E-state index is -0.814. The highest BCUT2D eigenvalue weighted by Gasteiger charge is 2.16. The van der Waals surface area contributed by atoms with Crippen LogP contribution < -0.4 is 5.32 Å². The number of benzene rings is 1. The van der Waals surface area contributed by atoms with Crippen LogP contribution in [0.1, 0.15) is 31.9 Å². The highest BCUT2D eigenvalue weighted by atomic mass is 79.9. The molecule has 0 heterocycles. The molecule has 0 saturated heterocycles. The average molecular weight is 334 g/mol. The standard InChI is InChI=1S/C13H20BrNO2S/c1-4-12(15-9(2)8-18(3)17)11-7-10(14)5-6-13(11)16/h5-7,9,12,15-16H,4,8H2,1-3H3/t9-,12-,18-/m0/s1. The van der Waals surface area contributed by atoms with Gasteiger partial charge in [0.1, 0.15) is 5.75 Å². The third-order valence-electron chi connectivity index (χ3n) is 2.74. The fraction of sp³-hybridized carbons (Fsp3) is 0.538. The Balaban J connectivity index is 2.82. The number of nitrogens with one attached hydrogen (secondary N) is 1. The molecular weight excluding hydrogens is 314 g/mol. The van der Waals surface area contributed by atoms with Crippen molar-refractivity contribution in [2.24, 2.45) is 0 Å². The first-order chi connectivity index (χ1) is 8.43. The molecule has 3 nitrogen and oxygen atoms in total. The Bertz CT molecular complexity index is 425. The number of hydrogen-bond donors (Lipinski definition) is 2. The van der Waals surface area contributed by atoms with Gasteiger partial charge >= 0.3 is 0 Å². The predicted molar refractivity (Wildman–Crippen MR) is 80.4 cm³/mol. The average Bonchev–Trinajstić information content (AvgIpc) is 2.28. The maximum Gasteiger partial charge on any atom is 0.120 e. The van der Waals surface area contributed by atoms with Gasteiger partial charge in [-0.25, -0.2) is 0 Å². The minimum Gasteiger partial charge on any atom is -0.508 e. The topological polar surface area (TPSA) is 49.3 Å². The molecule has 0 radical (unpaired) electrons. The highest BCUT2D eigenvalue weighted by Crippen LogP contribution is 2.29. The maximum atomic E-state index is 11.2. The predicted octanol–water partition coefficient (Wildman–Crippen LogP) is 2.96. The van der Waals surface area contributed by atoms with Gasteiger partial charge in [0.15, 0.2) is 0 Å². The van der Waals surface area contributed by atoms with Gasteiger partial charge in [0.05, 0.1) is 0 Å². The SMILES string of the molecule is CC[C@H](N[C@@H](C)C[S@](C)=O)c1cc(Br)ccc1O. The monoisotopic (exact) mass is 333 g/mol. The van der Waals surface area contributed by atoms with E-state index in [1.54, 1.807) is 12.3 Å². The van der Waals surface area contributed by atoms with Crippen molar-refractivity contribution in [2.75, 3.05) is 12.0 Å². The molecule has 0 spiro atoms. The second-order valence-electron chi connectivity index (χ2n) is 4.47. The third-order valence-corrected chi connectivity index (χ3v) is 4.21. The van der Waals surface area contributed by atoms with Crippen LogP contribution >= 0.6 is 15.9 Å². The summed E-state index contributed by atoms with van der Waals surface area (Å²) < 4.78 is 12.1. The fourth-order valence-electron chi connectivity index (χ4n) is 1.98. The van der Waals surface area contributed by atoms with Gasteiger partial charge in [0.25, 0.3) is 0 Å². The number of rotatable bonds is 6. The Morgan fingerprint density at radius 1 is 1.50 bits per heavy atom. The van der Waals surface area contributed by atoms with Gasteiger partial charge in [-0.15, -0.1) is 0 Å². The Morgan fingerprint density at radius 2 is 2.17 bits per heavy atom. The van der Waals surface area contributed by atoms with Crippen LogP contribution in [0.2, 0.25) is 0 Å². The van der Waals surface area contributed by atoms with Gasteiger partial charge in [0.2, 0.25) is 0 Å². The first kappa shape index (κ1) is 15.7. The van der Waals surface area contributed by atoms with Crippen LogP contribution in [0.5, 0.6) is 5.75 Å². The number of phenolic OH excluding ortho intramolecular Hbond substituents is 1. The lowest BCUT2D eigenvalue weighted by Gasteiger charge is -2.23. The van der Waals surface area contributed by atoms with Gasteiger partial charge in [0, 0.05) is 44.9 Å². The molecule has 18 heavy (non-hydrogen) atoms. The molecule has 0 amide bonds. The number of aromatic hydroxyl groups is 1. The van der Waals surface area contributed by atoms with E-state index in [2.05, 4.69) is 28.2 Å². The van der Waals surface area contributed by atoms with Crippen LogP contribution in [0.25, 0.3) is 0 Å². The molecule has 5 heteroatoms. The zero-order chi connectivity index (χ0) is 13.7. The number of halogens is 1. The van der Waals surface area contributed by atoms with Crippen molar-refractivity contribution in [2.45, 2.75) is 32.4 Å². The van der Waals surface area contributed by atoms with Crippen molar-refractivity contribution >= 4 is 26.7 Å². The van der Waals surface area contributed by atoms with Gasteiger partial charge < -0.3 is 10.4 Å². The van der Waals surface area contributed by atoms with Crippen molar-refractivity contribution in [1.29, 1.82) is 0 Å². The highest BCUT2D eigenvalue weighted by molar-refractivity contribution is 9.10. The maximum absolute atomic E-state index is 11.2. The molecule has 0 fully saturated rings. The van der Waals surface area contributed by atoms with Crippen molar-refractivity contribution in [1.82, 2.24) is 5.32 Å². The molecular formula is C13H20BrNO2S. The molecule has 0 bridgehead atoms. The van der Waals surface area contributed by atoms with E-state index >= 15 is 0 Å². The van der Waals surface area contributed by atoms with Crippen LogP contribution in [0.4, 0.5) is 0 Å². The van der Waals surface area contributed by atoms with E-state index in [-0.39, 0.29) is 12.1 Å². The van der Waals surface area contributed by atoms with Gasteiger partial charge in [-0.05, 0) is 31.5 Å². The van der Waals surface area contributed by atoms with Crippen LogP contribution in [-0.4, -0.2) is 27.4 Å². The Labute approximate surface area is 120 Å². The van der Waals surface area contributed by atoms with E-state index in [9.17, 15) is 9.32 Å². The Morgan fingerprint density at radius 3 is 2.72 bits per heavy atom. The van der Waals surface area contributed by atoms with Crippen molar-refractivity contribution in [3.63, 3.8) is 0 Å². The molecule has 0 aromatic heterocycles. The van der Waals surface area contributed by atoms with Crippen LogP contribution in [0, 0.1) is 0 Å². The van der Waals surface area contributed by atoms with Crippen LogP contribution in [0.15, 0.2) is 22.7 Å². The van der Waals surface area contributed by atoms with E-state index in [0.717, 1.165) is 16.5 Å². The summed E-state index contributed by atoms with van der Waals surface area (Å²) in [5, 5.41) is 13.3. The summed E-state index contributed by atoms with van der Waals surface area (Å²) in [7, 11) is -0.814. The lowest BCUT2D eigenvalue weighted by atomic mass is 10.0. The minimum absolute atomic E-state index is 0.0704. The van der Waals surface area contributed by atoms with Gasteiger partial charge in [-0.2, -0.15) is 0 Å². The van der Waals surface area contributed by atoms with Crippen LogP contribution in [-0.2, 0) is 10.8 Å². The lowest BCUT2D eigenvalue weighted by molar-refractivity contribution is 0.425. The summed E-state index contributed by atoms with van der Waals surface area (Å²) in [5.74, 6) is 0.910. The first-order valence-electron chi connectivity index (χ1n) is 5.98. The summed E-state index contributed by atoms with van der Waals surface area (Å²) in [6.07, 6.45) is 2.57. The van der Waals surface area contributed by atoms with E-state index in [4.69, 9.17) is 0 Å². The fourth-order valence-corrected chi connectivity index (χ4v) is 3.15. The molecule has 0 saturated carbocycles. The molecule has 1 aromatic carbocycles. The van der Waals surface area contributed by atoms with E-state index in [1.807, 2.05) is 19.1 Å². The summed E-state index contributed by atoms with van der Waals surface area (Å²) in [5.41, 5.74) is 0.876. The van der Waals surface area contributed by atoms with Crippen molar-refractivity contribution in [3.8, 4) is 5.75 Å². The van der Waals surface area contributed by atoms with Crippen LogP contribution in [0.3, 0.4) is 0 Å².